The number of hydrogen-bond acceptors (Lipinski definition) is 4. The van der Waals surface area contributed by atoms with Crippen LogP contribution in [0.5, 0.6) is 0 Å². The van der Waals surface area contributed by atoms with Crippen molar-refractivity contribution in [2.75, 3.05) is 7.11 Å². The Morgan fingerprint density at radius 3 is 2.90 bits per heavy atom. The van der Waals surface area contributed by atoms with Gasteiger partial charge in [-0.15, -0.1) is 11.3 Å². The predicted octanol–water partition coefficient (Wildman–Crippen LogP) is 3.63. The number of ether oxygens (including phenoxy) is 1. The third-order valence-corrected chi connectivity index (χ3v) is 4.67. The monoisotopic (exact) mass is 301 g/mol. The lowest BCUT2D eigenvalue weighted by molar-refractivity contribution is -0.143. The summed E-state index contributed by atoms with van der Waals surface area (Å²) >= 11 is 1.68. The lowest BCUT2D eigenvalue weighted by Crippen LogP contribution is -2.29. The molecule has 1 aliphatic carbocycles. The molecule has 1 fully saturated rings. The van der Waals surface area contributed by atoms with E-state index < -0.39 is 6.04 Å². The van der Waals surface area contributed by atoms with E-state index in [1.165, 1.54) is 30.4 Å². The van der Waals surface area contributed by atoms with Gasteiger partial charge in [-0.2, -0.15) is 0 Å². The van der Waals surface area contributed by atoms with Crippen LogP contribution >= 0.6 is 11.3 Å². The summed E-state index contributed by atoms with van der Waals surface area (Å²) in [5, 5.41) is 5.35. The minimum absolute atomic E-state index is 0.237. The fourth-order valence-corrected chi connectivity index (χ4v) is 3.14. The first-order chi connectivity index (χ1) is 10.3. The van der Waals surface area contributed by atoms with Crippen molar-refractivity contribution < 1.29 is 9.53 Å². The van der Waals surface area contributed by atoms with Crippen LogP contribution in [-0.2, 0) is 16.1 Å². The molecule has 1 heterocycles. The Bertz CT molecular complexity index is 605. The second-order valence-electron chi connectivity index (χ2n) is 5.36. The lowest BCUT2D eigenvalue weighted by Gasteiger charge is -2.17. The first-order valence-electron chi connectivity index (χ1n) is 7.21. The number of nitrogens with one attached hydrogen (secondary N) is 1. The van der Waals surface area contributed by atoms with Crippen LogP contribution in [0.1, 0.15) is 40.8 Å². The van der Waals surface area contributed by atoms with Crippen molar-refractivity contribution in [2.24, 2.45) is 0 Å². The molecule has 1 unspecified atom stereocenters. The molecule has 1 aliphatic rings. The molecule has 3 rings (SSSR count). The number of methoxy groups -OCH3 is 1. The van der Waals surface area contributed by atoms with Gasteiger partial charge in [-0.25, -0.2) is 4.79 Å². The summed E-state index contributed by atoms with van der Waals surface area (Å²) in [5.74, 6) is 0.444. The van der Waals surface area contributed by atoms with E-state index in [0.717, 1.165) is 5.56 Å². The van der Waals surface area contributed by atoms with Crippen molar-refractivity contribution in [1.29, 1.82) is 0 Å². The largest absolute Gasteiger partial charge is 0.468 e. The molecule has 1 aromatic carbocycles. The molecule has 1 N–H and O–H groups in total. The quantitative estimate of drug-likeness (QED) is 0.828. The number of hydrogen-bond donors (Lipinski definition) is 1. The molecule has 4 heteroatoms. The minimum atomic E-state index is -0.407. The number of carbonyl (C=O) groups excluding carboxylic acids is 1. The summed E-state index contributed by atoms with van der Waals surface area (Å²) in [6.45, 7) is 0.672. The fourth-order valence-electron chi connectivity index (χ4n) is 2.48. The van der Waals surface area contributed by atoms with Gasteiger partial charge >= 0.3 is 5.97 Å². The van der Waals surface area contributed by atoms with Crippen LogP contribution in [0.4, 0.5) is 0 Å². The number of thiophene rings is 1. The van der Waals surface area contributed by atoms with Crippen LogP contribution in [-0.4, -0.2) is 13.1 Å². The highest BCUT2D eigenvalue weighted by Crippen LogP contribution is 2.40. The summed E-state index contributed by atoms with van der Waals surface area (Å²) in [6, 6.07) is 12.0. The van der Waals surface area contributed by atoms with E-state index in [1.807, 2.05) is 23.6 Å². The molecule has 1 atom stereocenters. The molecule has 1 saturated carbocycles. The van der Waals surface area contributed by atoms with E-state index in [4.69, 9.17) is 4.74 Å². The van der Waals surface area contributed by atoms with Crippen LogP contribution in [0.15, 0.2) is 41.8 Å². The summed E-state index contributed by atoms with van der Waals surface area (Å²) in [5.41, 5.74) is 2.32. The topological polar surface area (TPSA) is 38.3 Å². The maximum absolute atomic E-state index is 12.1. The summed E-state index contributed by atoms with van der Waals surface area (Å²) in [6.07, 6.45) is 2.52. The van der Waals surface area contributed by atoms with Gasteiger partial charge in [-0.3, -0.25) is 5.32 Å². The average Bonchev–Trinajstić information content (AvgIpc) is 3.25. The van der Waals surface area contributed by atoms with Crippen LogP contribution in [0.3, 0.4) is 0 Å². The van der Waals surface area contributed by atoms with E-state index in [0.29, 0.717) is 12.5 Å². The van der Waals surface area contributed by atoms with Crippen molar-refractivity contribution in [2.45, 2.75) is 31.3 Å². The third kappa shape index (κ3) is 3.52. The predicted molar refractivity (Wildman–Crippen MR) is 84.3 cm³/mol. The zero-order chi connectivity index (χ0) is 14.7. The number of benzene rings is 1. The molecule has 0 radical (unpaired) electrons. The van der Waals surface area contributed by atoms with E-state index in [9.17, 15) is 4.79 Å². The molecule has 0 amide bonds. The van der Waals surface area contributed by atoms with Crippen LogP contribution in [0, 0.1) is 0 Å². The van der Waals surface area contributed by atoms with Crippen molar-refractivity contribution in [3.8, 4) is 0 Å². The Morgan fingerprint density at radius 1 is 1.38 bits per heavy atom. The summed E-state index contributed by atoms with van der Waals surface area (Å²) in [4.78, 5) is 13.3. The van der Waals surface area contributed by atoms with Crippen molar-refractivity contribution in [1.82, 2.24) is 5.32 Å². The molecular weight excluding hydrogens is 282 g/mol. The SMILES string of the molecule is COC(=O)C(NCc1cccs1)c1cccc(C2CC2)c1. The zero-order valence-electron chi connectivity index (χ0n) is 12.0. The Kier molecular flexibility index (Phi) is 4.36. The van der Waals surface area contributed by atoms with Gasteiger partial charge in [0.1, 0.15) is 6.04 Å². The van der Waals surface area contributed by atoms with Gasteiger partial charge in [-0.1, -0.05) is 30.3 Å². The maximum Gasteiger partial charge on any atom is 0.327 e. The number of esters is 1. The Hall–Kier alpha value is -1.65. The number of rotatable bonds is 6. The van der Waals surface area contributed by atoms with Gasteiger partial charge in [-0.05, 0) is 41.3 Å². The van der Waals surface area contributed by atoms with E-state index >= 15 is 0 Å². The second kappa shape index (κ2) is 6.41. The first-order valence-corrected chi connectivity index (χ1v) is 8.09. The van der Waals surface area contributed by atoms with E-state index in [2.05, 4.69) is 23.5 Å². The van der Waals surface area contributed by atoms with Gasteiger partial charge < -0.3 is 4.74 Å². The van der Waals surface area contributed by atoms with Gasteiger partial charge in [0, 0.05) is 11.4 Å². The number of carbonyl (C=O) groups is 1. The standard InChI is InChI=1S/C17H19NO2S/c1-20-17(19)16(18-11-15-6-3-9-21-15)14-5-2-4-13(10-14)12-7-8-12/h2-6,9-10,12,16,18H,7-8,11H2,1H3. The van der Waals surface area contributed by atoms with Gasteiger partial charge in [0.2, 0.25) is 0 Å². The third-order valence-electron chi connectivity index (χ3n) is 3.79. The van der Waals surface area contributed by atoms with Crippen LogP contribution < -0.4 is 5.32 Å². The van der Waals surface area contributed by atoms with Crippen LogP contribution in [0.25, 0.3) is 0 Å². The summed E-state index contributed by atoms with van der Waals surface area (Å²) < 4.78 is 4.95. The van der Waals surface area contributed by atoms with E-state index in [1.54, 1.807) is 11.3 Å². The molecule has 1 aromatic heterocycles. The highest BCUT2D eigenvalue weighted by Gasteiger charge is 2.26. The molecule has 0 aliphatic heterocycles. The summed E-state index contributed by atoms with van der Waals surface area (Å²) in [7, 11) is 1.44. The first kappa shape index (κ1) is 14.3. The molecule has 110 valence electrons. The average molecular weight is 301 g/mol. The Morgan fingerprint density at radius 2 is 2.24 bits per heavy atom. The molecule has 0 bridgehead atoms. The van der Waals surface area contributed by atoms with Crippen molar-refractivity contribution in [3.05, 3.63) is 57.8 Å². The fraction of sp³-hybridized carbons (Fsp3) is 0.353. The maximum atomic E-state index is 12.1. The minimum Gasteiger partial charge on any atom is -0.468 e. The highest BCUT2D eigenvalue weighted by molar-refractivity contribution is 7.09. The van der Waals surface area contributed by atoms with E-state index in [-0.39, 0.29) is 5.97 Å². The molecule has 0 saturated heterocycles. The second-order valence-corrected chi connectivity index (χ2v) is 6.39. The highest BCUT2D eigenvalue weighted by atomic mass is 32.1. The molecule has 2 aromatic rings. The van der Waals surface area contributed by atoms with Crippen molar-refractivity contribution in [3.63, 3.8) is 0 Å². The Balaban J connectivity index is 1.77. The zero-order valence-corrected chi connectivity index (χ0v) is 12.9. The van der Waals surface area contributed by atoms with Crippen molar-refractivity contribution >= 4 is 17.3 Å². The lowest BCUT2D eigenvalue weighted by atomic mass is 10.0. The molecule has 0 spiro atoms. The Labute approximate surface area is 129 Å². The normalized spacial score (nSPS) is 15.7. The van der Waals surface area contributed by atoms with Gasteiger partial charge in [0.25, 0.3) is 0 Å². The van der Waals surface area contributed by atoms with Crippen LogP contribution in [0.2, 0.25) is 0 Å². The molecular formula is C17H19NO2S. The molecule has 3 nitrogen and oxygen atoms in total. The van der Waals surface area contributed by atoms with Gasteiger partial charge in [0.15, 0.2) is 0 Å². The van der Waals surface area contributed by atoms with Gasteiger partial charge in [0.05, 0.1) is 7.11 Å². The smallest absolute Gasteiger partial charge is 0.327 e. The molecule has 21 heavy (non-hydrogen) atoms.